The predicted molar refractivity (Wildman–Crippen MR) is 87.0 cm³/mol. The molecule has 0 radical (unpaired) electrons. The van der Waals surface area contributed by atoms with Crippen molar-refractivity contribution in [3.05, 3.63) is 47.4 Å². The van der Waals surface area contributed by atoms with E-state index in [0.717, 1.165) is 30.0 Å². The number of nitrogens with zero attached hydrogens (tertiary/aromatic N) is 2. The Hall–Kier alpha value is -2.30. The molecule has 0 unspecified atom stereocenters. The summed E-state index contributed by atoms with van der Waals surface area (Å²) in [6.07, 6.45) is 7.42. The molecule has 0 saturated carbocycles. The minimum Gasteiger partial charge on any atom is -0.357 e. The summed E-state index contributed by atoms with van der Waals surface area (Å²) >= 11 is 0. The van der Waals surface area contributed by atoms with Gasteiger partial charge >= 0.3 is 0 Å². The first kappa shape index (κ1) is 14.6. The average Bonchev–Trinajstić information content (AvgIpc) is 3.00. The van der Waals surface area contributed by atoms with Crippen LogP contribution in [0.5, 0.6) is 0 Å². The quantitative estimate of drug-likeness (QED) is 0.912. The van der Waals surface area contributed by atoms with Crippen molar-refractivity contribution in [1.82, 2.24) is 15.3 Å². The topological polar surface area (TPSA) is 61.0 Å². The Morgan fingerprint density at radius 3 is 2.86 bits per heavy atom. The van der Waals surface area contributed by atoms with Crippen LogP contribution in [0.15, 0.2) is 30.6 Å². The lowest BCUT2D eigenvalue weighted by Gasteiger charge is -2.27. The minimum absolute atomic E-state index is 0.0792. The molecule has 0 spiro atoms. The number of piperidine rings is 1. The summed E-state index contributed by atoms with van der Waals surface area (Å²) in [5.41, 5.74) is 2.73. The van der Waals surface area contributed by atoms with Crippen LogP contribution in [0, 0.1) is 6.92 Å². The van der Waals surface area contributed by atoms with Gasteiger partial charge in [0.05, 0.1) is 0 Å². The van der Waals surface area contributed by atoms with Crippen molar-refractivity contribution in [3.8, 4) is 0 Å². The molecule has 22 heavy (non-hydrogen) atoms. The molecule has 1 fully saturated rings. The van der Waals surface area contributed by atoms with E-state index in [1.165, 1.54) is 19.3 Å². The number of aromatic amines is 1. The third kappa shape index (κ3) is 3.47. The van der Waals surface area contributed by atoms with Gasteiger partial charge in [-0.3, -0.25) is 4.79 Å². The molecule has 0 aliphatic carbocycles. The van der Waals surface area contributed by atoms with E-state index in [0.29, 0.717) is 12.2 Å². The molecule has 2 N–H and O–H groups in total. The third-order valence-electron chi connectivity index (χ3n) is 4.02. The van der Waals surface area contributed by atoms with Crippen LogP contribution in [-0.2, 0) is 6.54 Å². The van der Waals surface area contributed by atoms with E-state index in [2.05, 4.69) is 26.3 Å². The van der Waals surface area contributed by atoms with E-state index in [1.807, 2.05) is 31.5 Å². The number of aromatic nitrogens is 2. The number of pyridine rings is 1. The van der Waals surface area contributed by atoms with Gasteiger partial charge < -0.3 is 15.2 Å². The van der Waals surface area contributed by atoms with Gasteiger partial charge in [-0.05, 0) is 55.5 Å². The van der Waals surface area contributed by atoms with Crippen LogP contribution in [0.1, 0.15) is 40.9 Å². The predicted octanol–water partition coefficient (Wildman–Crippen LogP) is 2.64. The van der Waals surface area contributed by atoms with Crippen molar-refractivity contribution in [2.45, 2.75) is 32.7 Å². The van der Waals surface area contributed by atoms with Crippen molar-refractivity contribution in [3.63, 3.8) is 0 Å². The van der Waals surface area contributed by atoms with Crippen LogP contribution in [0.4, 0.5) is 5.82 Å². The molecule has 3 heterocycles. The van der Waals surface area contributed by atoms with Crippen molar-refractivity contribution in [2.24, 2.45) is 0 Å². The smallest absolute Gasteiger partial charge is 0.267 e. The van der Waals surface area contributed by atoms with Gasteiger partial charge in [0.15, 0.2) is 0 Å². The number of nitrogens with one attached hydrogen (secondary N) is 2. The molecule has 5 heteroatoms. The lowest BCUT2D eigenvalue weighted by molar-refractivity contribution is 0.0946. The minimum atomic E-state index is -0.0792. The van der Waals surface area contributed by atoms with Crippen LogP contribution >= 0.6 is 0 Å². The molecule has 116 valence electrons. The molecule has 3 rings (SSSR count). The number of hydrogen-bond donors (Lipinski definition) is 2. The summed E-state index contributed by atoms with van der Waals surface area (Å²) in [4.78, 5) is 21.8. The summed E-state index contributed by atoms with van der Waals surface area (Å²) < 4.78 is 0. The third-order valence-corrected chi connectivity index (χ3v) is 4.02. The molecular weight excluding hydrogens is 276 g/mol. The highest BCUT2D eigenvalue weighted by molar-refractivity contribution is 5.92. The molecule has 1 aliphatic heterocycles. The summed E-state index contributed by atoms with van der Waals surface area (Å²) in [5.74, 6) is 0.937. The summed E-state index contributed by atoms with van der Waals surface area (Å²) in [6, 6.07) is 5.88. The number of aryl methyl sites for hydroxylation is 1. The zero-order chi connectivity index (χ0) is 15.4. The van der Waals surface area contributed by atoms with Crippen LogP contribution in [0.25, 0.3) is 0 Å². The number of hydrogen-bond acceptors (Lipinski definition) is 3. The molecular formula is C17H22N4O. The lowest BCUT2D eigenvalue weighted by Crippen LogP contribution is -2.30. The molecule has 2 aromatic heterocycles. The van der Waals surface area contributed by atoms with Gasteiger partial charge in [0, 0.05) is 32.0 Å². The first-order valence-electron chi connectivity index (χ1n) is 7.85. The summed E-state index contributed by atoms with van der Waals surface area (Å²) in [6.45, 7) is 4.62. The normalized spacial score (nSPS) is 14.9. The fraction of sp³-hybridized carbons (Fsp3) is 0.412. The second-order valence-electron chi connectivity index (χ2n) is 5.84. The van der Waals surface area contributed by atoms with Crippen molar-refractivity contribution < 1.29 is 4.79 Å². The van der Waals surface area contributed by atoms with Gasteiger partial charge in [-0.1, -0.05) is 0 Å². The van der Waals surface area contributed by atoms with Crippen molar-refractivity contribution >= 4 is 11.7 Å². The maximum absolute atomic E-state index is 12.0. The Morgan fingerprint density at radius 2 is 2.14 bits per heavy atom. The zero-order valence-corrected chi connectivity index (χ0v) is 12.9. The number of anilines is 1. The monoisotopic (exact) mass is 298 g/mol. The van der Waals surface area contributed by atoms with E-state index in [1.54, 1.807) is 0 Å². The van der Waals surface area contributed by atoms with Gasteiger partial charge in [-0.25, -0.2) is 4.98 Å². The second-order valence-corrected chi connectivity index (χ2v) is 5.84. The molecule has 0 atom stereocenters. The first-order chi connectivity index (χ1) is 10.7. The SMILES string of the molecule is Cc1c[nH]c(C(=O)NCc2ccnc(N3CCCCC3)c2)c1. The van der Waals surface area contributed by atoms with Gasteiger partial charge in [0.1, 0.15) is 11.5 Å². The highest BCUT2D eigenvalue weighted by Gasteiger charge is 2.12. The highest BCUT2D eigenvalue weighted by Crippen LogP contribution is 2.18. The van der Waals surface area contributed by atoms with Crippen LogP contribution in [-0.4, -0.2) is 29.0 Å². The van der Waals surface area contributed by atoms with Crippen molar-refractivity contribution in [2.75, 3.05) is 18.0 Å². The number of carbonyl (C=O) groups excluding carboxylic acids is 1. The molecule has 0 aromatic carbocycles. The Bertz CT molecular complexity index is 644. The molecule has 1 aliphatic rings. The second kappa shape index (κ2) is 6.64. The van der Waals surface area contributed by atoms with E-state index >= 15 is 0 Å². The van der Waals surface area contributed by atoms with Crippen LogP contribution < -0.4 is 10.2 Å². The Morgan fingerprint density at radius 1 is 1.32 bits per heavy atom. The maximum Gasteiger partial charge on any atom is 0.267 e. The van der Waals surface area contributed by atoms with E-state index < -0.39 is 0 Å². The number of amides is 1. The van der Waals surface area contributed by atoms with E-state index in [9.17, 15) is 4.79 Å². The first-order valence-corrected chi connectivity index (χ1v) is 7.85. The maximum atomic E-state index is 12.0. The molecule has 1 saturated heterocycles. The summed E-state index contributed by atoms with van der Waals surface area (Å²) in [5, 5.41) is 2.94. The molecule has 1 amide bonds. The van der Waals surface area contributed by atoms with Crippen LogP contribution in [0.3, 0.4) is 0 Å². The Kier molecular flexibility index (Phi) is 4.42. The highest BCUT2D eigenvalue weighted by atomic mass is 16.1. The Labute approximate surface area is 130 Å². The van der Waals surface area contributed by atoms with Crippen LogP contribution in [0.2, 0.25) is 0 Å². The van der Waals surface area contributed by atoms with E-state index in [4.69, 9.17) is 0 Å². The van der Waals surface area contributed by atoms with Gasteiger partial charge in [0.2, 0.25) is 0 Å². The van der Waals surface area contributed by atoms with Gasteiger partial charge in [-0.2, -0.15) is 0 Å². The van der Waals surface area contributed by atoms with Gasteiger partial charge in [0.25, 0.3) is 5.91 Å². The lowest BCUT2D eigenvalue weighted by atomic mass is 10.1. The largest absolute Gasteiger partial charge is 0.357 e. The van der Waals surface area contributed by atoms with Crippen molar-refractivity contribution in [1.29, 1.82) is 0 Å². The number of carbonyl (C=O) groups is 1. The summed E-state index contributed by atoms with van der Waals surface area (Å²) in [7, 11) is 0. The molecule has 5 nitrogen and oxygen atoms in total. The standard InChI is InChI=1S/C17H22N4O/c1-13-9-15(19-11-13)17(22)20-12-14-5-6-18-16(10-14)21-7-3-2-4-8-21/h5-6,9-11,19H,2-4,7-8,12H2,1H3,(H,20,22). The Balaban J connectivity index is 1.61. The zero-order valence-electron chi connectivity index (χ0n) is 12.9. The van der Waals surface area contributed by atoms with E-state index in [-0.39, 0.29) is 5.91 Å². The fourth-order valence-corrected chi connectivity index (χ4v) is 2.78. The molecule has 2 aromatic rings. The fourth-order valence-electron chi connectivity index (χ4n) is 2.78. The van der Waals surface area contributed by atoms with Gasteiger partial charge in [-0.15, -0.1) is 0 Å². The number of H-pyrrole nitrogens is 1. The molecule has 0 bridgehead atoms. The number of rotatable bonds is 4. The average molecular weight is 298 g/mol.